The second-order valence-electron chi connectivity index (χ2n) is 7.62. The Balaban J connectivity index is 1.64. The molecule has 0 aromatic heterocycles. The highest BCUT2D eigenvalue weighted by Crippen LogP contribution is 2.24. The van der Waals surface area contributed by atoms with Gasteiger partial charge in [-0.2, -0.15) is 0 Å². The van der Waals surface area contributed by atoms with Gasteiger partial charge in [-0.3, -0.25) is 4.99 Å². The number of rotatable bonds is 10. The van der Waals surface area contributed by atoms with Gasteiger partial charge < -0.3 is 24.8 Å². The summed E-state index contributed by atoms with van der Waals surface area (Å²) in [5.74, 6) is 2.27. The fourth-order valence-corrected chi connectivity index (χ4v) is 3.02. The summed E-state index contributed by atoms with van der Waals surface area (Å²) in [6, 6.07) is 8.23. The summed E-state index contributed by atoms with van der Waals surface area (Å²) in [6.45, 7) is 9.36. The van der Waals surface area contributed by atoms with E-state index in [0.717, 1.165) is 64.1 Å². The third-order valence-corrected chi connectivity index (χ3v) is 4.93. The van der Waals surface area contributed by atoms with Crippen LogP contribution in [0, 0.1) is 5.92 Å². The lowest BCUT2D eigenvalue weighted by molar-refractivity contribution is 0.0888. The monoisotopic (exact) mass is 377 g/mol. The number of nitrogens with zero attached hydrogens (tertiary/aromatic N) is 1. The van der Waals surface area contributed by atoms with Crippen LogP contribution in [0.5, 0.6) is 5.75 Å². The molecule has 27 heavy (non-hydrogen) atoms. The summed E-state index contributed by atoms with van der Waals surface area (Å²) in [6.07, 6.45) is 2.08. The van der Waals surface area contributed by atoms with Crippen LogP contribution >= 0.6 is 0 Å². The van der Waals surface area contributed by atoms with Crippen molar-refractivity contribution < 1.29 is 14.2 Å². The Kier molecular flexibility index (Phi) is 8.88. The van der Waals surface area contributed by atoms with E-state index in [1.807, 2.05) is 12.1 Å². The second-order valence-corrected chi connectivity index (χ2v) is 7.62. The lowest BCUT2D eigenvalue weighted by Gasteiger charge is -2.27. The highest BCUT2D eigenvalue weighted by atomic mass is 16.5. The number of ether oxygens (including phenoxy) is 3. The van der Waals surface area contributed by atoms with Gasteiger partial charge in [-0.15, -0.1) is 0 Å². The molecular weight excluding hydrogens is 342 g/mol. The summed E-state index contributed by atoms with van der Waals surface area (Å²) in [5.41, 5.74) is 1.24. The topological polar surface area (TPSA) is 64.1 Å². The third kappa shape index (κ3) is 7.39. The van der Waals surface area contributed by atoms with E-state index in [0.29, 0.717) is 5.92 Å². The van der Waals surface area contributed by atoms with Gasteiger partial charge in [-0.1, -0.05) is 26.0 Å². The van der Waals surface area contributed by atoms with Gasteiger partial charge >= 0.3 is 0 Å². The quantitative estimate of drug-likeness (QED) is 0.373. The van der Waals surface area contributed by atoms with E-state index in [4.69, 9.17) is 14.2 Å². The normalized spacial score (nSPS) is 17.8. The van der Waals surface area contributed by atoms with Gasteiger partial charge in [-0.25, -0.2) is 0 Å². The van der Waals surface area contributed by atoms with Crippen molar-refractivity contribution in [3.8, 4) is 5.75 Å². The molecule has 0 aliphatic carbocycles. The van der Waals surface area contributed by atoms with E-state index in [1.54, 1.807) is 14.2 Å². The number of aliphatic imine (C=N–C) groups is 1. The lowest BCUT2D eigenvalue weighted by Crippen LogP contribution is -2.43. The van der Waals surface area contributed by atoms with Crippen molar-refractivity contribution in [2.45, 2.75) is 32.1 Å². The Bertz CT molecular complexity index is 567. The first-order chi connectivity index (χ1) is 13.0. The molecule has 6 heteroatoms. The van der Waals surface area contributed by atoms with Crippen LogP contribution in [0.15, 0.2) is 29.3 Å². The van der Waals surface area contributed by atoms with Gasteiger partial charge in [0.25, 0.3) is 0 Å². The Morgan fingerprint density at radius 2 is 2.04 bits per heavy atom. The Labute approximate surface area is 163 Å². The fourth-order valence-electron chi connectivity index (χ4n) is 3.02. The van der Waals surface area contributed by atoms with Crippen LogP contribution in [0.1, 0.15) is 32.3 Å². The average Bonchev–Trinajstić information content (AvgIpc) is 3.20. The largest absolute Gasteiger partial charge is 0.497 e. The lowest BCUT2D eigenvalue weighted by atomic mass is 9.84. The summed E-state index contributed by atoms with van der Waals surface area (Å²) in [7, 11) is 3.48. The zero-order chi connectivity index (χ0) is 19.5. The van der Waals surface area contributed by atoms with Gasteiger partial charge in [0, 0.05) is 44.7 Å². The summed E-state index contributed by atoms with van der Waals surface area (Å²) >= 11 is 0. The first kappa shape index (κ1) is 21.5. The second kappa shape index (κ2) is 11.1. The molecule has 1 atom stereocenters. The van der Waals surface area contributed by atoms with E-state index in [2.05, 4.69) is 41.6 Å². The minimum Gasteiger partial charge on any atom is -0.497 e. The zero-order valence-corrected chi connectivity index (χ0v) is 17.2. The molecule has 0 radical (unpaired) electrons. The van der Waals surface area contributed by atoms with Crippen molar-refractivity contribution in [3.63, 3.8) is 0 Å². The fraction of sp³-hybridized carbons (Fsp3) is 0.667. The highest BCUT2D eigenvalue weighted by Gasteiger charge is 2.21. The van der Waals surface area contributed by atoms with Crippen molar-refractivity contribution >= 4 is 5.96 Å². The molecule has 1 aromatic carbocycles. The molecule has 0 spiro atoms. The predicted molar refractivity (Wildman–Crippen MR) is 110 cm³/mol. The van der Waals surface area contributed by atoms with Crippen molar-refractivity contribution in [3.05, 3.63) is 29.8 Å². The summed E-state index contributed by atoms with van der Waals surface area (Å²) < 4.78 is 16.3. The van der Waals surface area contributed by atoms with Gasteiger partial charge in [-0.05, 0) is 30.5 Å². The Hall–Kier alpha value is -1.79. The average molecular weight is 378 g/mol. The van der Waals surface area contributed by atoms with Crippen LogP contribution in [0.4, 0.5) is 0 Å². The molecule has 1 aliphatic heterocycles. The molecule has 0 bridgehead atoms. The maximum absolute atomic E-state index is 5.73. The minimum absolute atomic E-state index is 0.0175. The molecule has 1 aliphatic rings. The molecule has 1 heterocycles. The first-order valence-corrected chi connectivity index (χ1v) is 9.79. The minimum atomic E-state index is -0.0175. The van der Waals surface area contributed by atoms with Crippen LogP contribution in [-0.2, 0) is 14.9 Å². The van der Waals surface area contributed by atoms with Crippen molar-refractivity contribution in [2.24, 2.45) is 10.9 Å². The highest BCUT2D eigenvalue weighted by molar-refractivity contribution is 5.79. The molecule has 152 valence electrons. The number of hydrogen-bond donors (Lipinski definition) is 2. The number of benzene rings is 1. The van der Waals surface area contributed by atoms with Crippen LogP contribution in [0.2, 0.25) is 0 Å². The number of nitrogens with one attached hydrogen (secondary N) is 2. The maximum Gasteiger partial charge on any atom is 0.191 e. The Morgan fingerprint density at radius 3 is 2.67 bits per heavy atom. The number of guanidine groups is 1. The molecule has 2 N–H and O–H groups in total. The molecule has 1 saturated heterocycles. The van der Waals surface area contributed by atoms with Crippen LogP contribution in [0.25, 0.3) is 0 Å². The molecular formula is C21H35N3O3. The Morgan fingerprint density at radius 1 is 1.26 bits per heavy atom. The van der Waals surface area contributed by atoms with Gasteiger partial charge in [0.2, 0.25) is 0 Å². The molecule has 6 nitrogen and oxygen atoms in total. The predicted octanol–water partition coefficient (Wildman–Crippen LogP) is 2.58. The molecule has 1 fully saturated rings. The SMILES string of the molecule is CN=C(NCCCOCC1CCOC1)NCC(C)(C)c1ccc(OC)cc1. The van der Waals surface area contributed by atoms with Gasteiger partial charge in [0.1, 0.15) is 5.75 Å². The molecule has 1 unspecified atom stereocenters. The molecule has 0 amide bonds. The number of methoxy groups -OCH3 is 1. The van der Waals surface area contributed by atoms with E-state index in [1.165, 1.54) is 5.56 Å². The van der Waals surface area contributed by atoms with Crippen molar-refractivity contribution in [1.29, 1.82) is 0 Å². The summed E-state index contributed by atoms with van der Waals surface area (Å²) in [5, 5.41) is 6.78. The van der Waals surface area contributed by atoms with E-state index in [-0.39, 0.29) is 5.41 Å². The smallest absolute Gasteiger partial charge is 0.191 e. The van der Waals surface area contributed by atoms with E-state index < -0.39 is 0 Å². The number of hydrogen-bond acceptors (Lipinski definition) is 4. The molecule has 0 saturated carbocycles. The van der Waals surface area contributed by atoms with Crippen LogP contribution in [-0.4, -0.2) is 59.6 Å². The van der Waals surface area contributed by atoms with Gasteiger partial charge in [0.15, 0.2) is 5.96 Å². The standard InChI is InChI=1S/C21H35N3O3/c1-21(2,18-6-8-19(25-4)9-7-18)16-24-20(22-3)23-11-5-12-26-14-17-10-13-27-15-17/h6-9,17H,5,10-16H2,1-4H3,(H2,22,23,24). The van der Waals surface area contributed by atoms with Crippen molar-refractivity contribution in [2.75, 3.05) is 53.7 Å². The van der Waals surface area contributed by atoms with E-state index in [9.17, 15) is 0 Å². The summed E-state index contributed by atoms with van der Waals surface area (Å²) in [4.78, 5) is 4.31. The molecule has 2 rings (SSSR count). The zero-order valence-electron chi connectivity index (χ0n) is 17.2. The van der Waals surface area contributed by atoms with E-state index >= 15 is 0 Å². The van der Waals surface area contributed by atoms with Gasteiger partial charge in [0.05, 0.1) is 20.3 Å². The molecule has 1 aromatic rings. The van der Waals surface area contributed by atoms with Crippen LogP contribution in [0.3, 0.4) is 0 Å². The third-order valence-electron chi connectivity index (χ3n) is 4.93. The van der Waals surface area contributed by atoms with Crippen molar-refractivity contribution in [1.82, 2.24) is 10.6 Å². The first-order valence-electron chi connectivity index (χ1n) is 9.79. The van der Waals surface area contributed by atoms with Crippen LogP contribution < -0.4 is 15.4 Å². The maximum atomic E-state index is 5.73.